The van der Waals surface area contributed by atoms with E-state index in [4.69, 9.17) is 0 Å². The number of rotatable bonds is 7. The Balaban J connectivity index is 2.86. The minimum absolute atomic E-state index is 0.171. The molecule has 1 rings (SSSR count). The summed E-state index contributed by atoms with van der Waals surface area (Å²) in [4.78, 5) is 1.12. The largest absolute Gasteiger partial charge is 0.405 e. The molecule has 0 aliphatic rings. The van der Waals surface area contributed by atoms with Gasteiger partial charge < -0.3 is 10.2 Å². The van der Waals surface area contributed by atoms with Crippen molar-refractivity contribution in [3.05, 3.63) is 29.6 Å². The van der Waals surface area contributed by atoms with Gasteiger partial charge in [-0.25, -0.2) is 4.39 Å². The topological polar surface area (TPSA) is 15.3 Å². The van der Waals surface area contributed by atoms with E-state index in [1.807, 2.05) is 6.92 Å². The van der Waals surface area contributed by atoms with Gasteiger partial charge in [0.15, 0.2) is 0 Å². The smallest absolute Gasteiger partial charge is 0.363 e. The van der Waals surface area contributed by atoms with Crippen LogP contribution in [0.4, 0.5) is 23.2 Å². The van der Waals surface area contributed by atoms with Crippen LogP contribution in [-0.2, 0) is 6.54 Å². The summed E-state index contributed by atoms with van der Waals surface area (Å²) in [5.74, 6) is -0.517. The van der Waals surface area contributed by atoms with Crippen molar-refractivity contribution in [2.75, 3.05) is 24.5 Å². The van der Waals surface area contributed by atoms with Gasteiger partial charge in [-0.3, -0.25) is 0 Å². The maximum Gasteiger partial charge on any atom is 0.405 e. The predicted octanol–water partition coefficient (Wildman–Crippen LogP) is 3.71. The molecule has 0 spiro atoms. The van der Waals surface area contributed by atoms with Gasteiger partial charge in [-0.15, -0.1) is 0 Å². The molecule has 0 aromatic heterocycles. The predicted molar refractivity (Wildman–Crippen MR) is 72.3 cm³/mol. The average molecular weight is 292 g/mol. The number of nitrogens with zero attached hydrogens (tertiary/aromatic N) is 1. The summed E-state index contributed by atoms with van der Waals surface area (Å²) in [5, 5.41) is 3.10. The molecule has 0 unspecified atom stereocenters. The summed E-state index contributed by atoms with van der Waals surface area (Å²) in [6.07, 6.45) is -3.36. The second kappa shape index (κ2) is 7.47. The normalized spacial score (nSPS) is 11.7. The lowest BCUT2D eigenvalue weighted by atomic mass is 10.1. The van der Waals surface area contributed by atoms with Crippen molar-refractivity contribution in [2.24, 2.45) is 0 Å². The van der Waals surface area contributed by atoms with E-state index in [-0.39, 0.29) is 12.2 Å². The van der Waals surface area contributed by atoms with Crippen LogP contribution in [-0.4, -0.2) is 25.8 Å². The van der Waals surface area contributed by atoms with E-state index in [2.05, 4.69) is 5.32 Å². The van der Waals surface area contributed by atoms with E-state index in [0.29, 0.717) is 12.1 Å². The molecule has 0 fully saturated rings. The van der Waals surface area contributed by atoms with Crippen molar-refractivity contribution >= 4 is 5.69 Å². The van der Waals surface area contributed by atoms with Crippen LogP contribution in [0.5, 0.6) is 0 Å². The molecular formula is C14H20F4N2. The molecule has 2 nitrogen and oxygen atoms in total. The summed E-state index contributed by atoms with van der Waals surface area (Å²) in [5.41, 5.74) is 0.909. The molecular weight excluding hydrogens is 272 g/mol. The van der Waals surface area contributed by atoms with Crippen LogP contribution in [0.1, 0.15) is 25.8 Å². The molecule has 0 heterocycles. The van der Waals surface area contributed by atoms with E-state index in [1.54, 1.807) is 13.0 Å². The molecule has 1 aromatic rings. The van der Waals surface area contributed by atoms with Crippen molar-refractivity contribution in [1.29, 1.82) is 0 Å². The average Bonchev–Trinajstić information content (AvgIpc) is 2.34. The first-order valence-corrected chi connectivity index (χ1v) is 6.67. The number of hydrogen-bond acceptors (Lipinski definition) is 2. The Bertz CT molecular complexity index is 418. The Hall–Kier alpha value is -1.30. The third-order valence-electron chi connectivity index (χ3n) is 2.82. The zero-order valence-corrected chi connectivity index (χ0v) is 11.7. The Morgan fingerprint density at radius 3 is 2.40 bits per heavy atom. The third kappa shape index (κ3) is 5.77. The molecule has 0 saturated heterocycles. The molecule has 20 heavy (non-hydrogen) atoms. The SMILES string of the molecule is CCCNCc1cc(F)cc(N(CC)CC(F)(F)F)c1. The minimum atomic E-state index is -4.30. The fraction of sp³-hybridized carbons (Fsp3) is 0.571. The lowest BCUT2D eigenvalue weighted by Crippen LogP contribution is -2.34. The summed E-state index contributed by atoms with van der Waals surface area (Å²) < 4.78 is 51.0. The van der Waals surface area contributed by atoms with Crippen molar-refractivity contribution < 1.29 is 17.6 Å². The number of benzene rings is 1. The van der Waals surface area contributed by atoms with Crippen molar-refractivity contribution in [1.82, 2.24) is 5.32 Å². The van der Waals surface area contributed by atoms with Gasteiger partial charge in [0.25, 0.3) is 0 Å². The summed E-state index contributed by atoms with van der Waals surface area (Å²) >= 11 is 0. The standard InChI is InChI=1S/C14H20F4N2/c1-3-5-19-9-11-6-12(15)8-13(7-11)20(4-2)10-14(16,17)18/h6-8,19H,3-5,9-10H2,1-2H3. The Morgan fingerprint density at radius 2 is 1.85 bits per heavy atom. The van der Waals surface area contributed by atoms with Gasteiger partial charge in [0.05, 0.1) is 0 Å². The number of nitrogens with one attached hydrogen (secondary N) is 1. The van der Waals surface area contributed by atoms with Gasteiger partial charge in [-0.05, 0) is 43.7 Å². The number of alkyl halides is 3. The highest BCUT2D eigenvalue weighted by molar-refractivity contribution is 5.49. The molecule has 1 aromatic carbocycles. The van der Waals surface area contributed by atoms with E-state index < -0.39 is 18.5 Å². The molecule has 0 aliphatic carbocycles. The molecule has 0 saturated carbocycles. The first kappa shape index (κ1) is 16.8. The van der Waals surface area contributed by atoms with E-state index in [1.165, 1.54) is 6.07 Å². The zero-order chi connectivity index (χ0) is 15.2. The van der Waals surface area contributed by atoms with Crippen molar-refractivity contribution in [3.8, 4) is 0 Å². The van der Waals surface area contributed by atoms with Crippen LogP contribution in [0.2, 0.25) is 0 Å². The van der Waals surface area contributed by atoms with Gasteiger partial charge in [0, 0.05) is 18.8 Å². The minimum Gasteiger partial charge on any atom is -0.363 e. The zero-order valence-electron chi connectivity index (χ0n) is 11.7. The Labute approximate surface area is 116 Å². The molecule has 6 heteroatoms. The van der Waals surface area contributed by atoms with Crippen LogP contribution in [0.15, 0.2) is 18.2 Å². The fourth-order valence-corrected chi connectivity index (χ4v) is 1.93. The van der Waals surface area contributed by atoms with Crippen molar-refractivity contribution in [2.45, 2.75) is 33.0 Å². The molecule has 1 N–H and O–H groups in total. The second-order valence-corrected chi connectivity index (χ2v) is 4.62. The van der Waals surface area contributed by atoms with Gasteiger partial charge in [0.2, 0.25) is 0 Å². The number of halogens is 4. The maximum atomic E-state index is 13.5. The summed E-state index contributed by atoms with van der Waals surface area (Å²) in [7, 11) is 0. The maximum absolute atomic E-state index is 13.5. The molecule has 0 aliphatic heterocycles. The van der Waals surface area contributed by atoms with Gasteiger partial charge in [-0.1, -0.05) is 6.92 Å². The number of hydrogen-bond donors (Lipinski definition) is 1. The van der Waals surface area contributed by atoms with Crippen LogP contribution in [0.3, 0.4) is 0 Å². The molecule has 0 bridgehead atoms. The highest BCUT2D eigenvalue weighted by Gasteiger charge is 2.30. The fourth-order valence-electron chi connectivity index (χ4n) is 1.93. The highest BCUT2D eigenvalue weighted by atomic mass is 19.4. The second-order valence-electron chi connectivity index (χ2n) is 4.62. The summed E-state index contributed by atoms with van der Waals surface area (Å²) in [6.45, 7) is 3.95. The monoisotopic (exact) mass is 292 g/mol. The highest BCUT2D eigenvalue weighted by Crippen LogP contribution is 2.24. The number of anilines is 1. The summed E-state index contributed by atoms with van der Waals surface area (Å²) in [6, 6.07) is 4.08. The lowest BCUT2D eigenvalue weighted by Gasteiger charge is -2.25. The molecule has 114 valence electrons. The van der Waals surface area contributed by atoms with Crippen LogP contribution < -0.4 is 10.2 Å². The van der Waals surface area contributed by atoms with Gasteiger partial charge in [0.1, 0.15) is 12.4 Å². The first-order valence-electron chi connectivity index (χ1n) is 6.67. The van der Waals surface area contributed by atoms with E-state index in [9.17, 15) is 17.6 Å². The van der Waals surface area contributed by atoms with E-state index >= 15 is 0 Å². The Morgan fingerprint density at radius 1 is 1.15 bits per heavy atom. The van der Waals surface area contributed by atoms with Crippen LogP contribution in [0.25, 0.3) is 0 Å². The molecule has 0 atom stereocenters. The quantitative estimate of drug-likeness (QED) is 0.609. The van der Waals surface area contributed by atoms with Crippen LogP contribution >= 0.6 is 0 Å². The van der Waals surface area contributed by atoms with Gasteiger partial charge in [-0.2, -0.15) is 13.2 Å². The lowest BCUT2D eigenvalue weighted by molar-refractivity contribution is -0.119. The van der Waals surface area contributed by atoms with Gasteiger partial charge >= 0.3 is 6.18 Å². The van der Waals surface area contributed by atoms with Crippen molar-refractivity contribution in [3.63, 3.8) is 0 Å². The van der Waals surface area contributed by atoms with E-state index in [0.717, 1.165) is 23.9 Å². The molecule has 0 amide bonds. The Kier molecular flexibility index (Phi) is 6.26. The van der Waals surface area contributed by atoms with Crippen LogP contribution in [0, 0.1) is 5.82 Å². The molecule has 0 radical (unpaired) electrons. The third-order valence-corrected chi connectivity index (χ3v) is 2.82. The first-order chi connectivity index (χ1) is 9.35.